The van der Waals surface area contributed by atoms with Crippen LogP contribution in [0.25, 0.3) is 0 Å². The van der Waals surface area contributed by atoms with Crippen molar-refractivity contribution in [2.75, 3.05) is 6.61 Å². The van der Waals surface area contributed by atoms with Crippen molar-refractivity contribution < 1.29 is 14.3 Å². The van der Waals surface area contributed by atoms with Crippen LogP contribution >= 0.6 is 0 Å². The molecule has 3 nitrogen and oxygen atoms in total. The Kier molecular flexibility index (Phi) is 4.07. The van der Waals surface area contributed by atoms with Crippen molar-refractivity contribution in [3.63, 3.8) is 0 Å². The Labute approximate surface area is 119 Å². The zero-order valence-corrected chi connectivity index (χ0v) is 12.2. The number of rotatable bonds is 3. The Bertz CT molecular complexity index is 545. The number of hydrogen-bond donors (Lipinski definition) is 0. The third kappa shape index (κ3) is 2.40. The lowest BCUT2D eigenvalue weighted by Gasteiger charge is -2.39. The summed E-state index contributed by atoms with van der Waals surface area (Å²) in [6.45, 7) is 5.85. The molecule has 0 saturated heterocycles. The van der Waals surface area contributed by atoms with Crippen LogP contribution in [0.4, 0.5) is 0 Å². The molecule has 0 bridgehead atoms. The Morgan fingerprint density at radius 1 is 1.35 bits per heavy atom. The molecule has 0 radical (unpaired) electrons. The molecule has 1 aliphatic rings. The van der Waals surface area contributed by atoms with Crippen LogP contribution in [-0.2, 0) is 14.3 Å². The fourth-order valence-electron chi connectivity index (χ4n) is 2.85. The minimum atomic E-state index is -0.773. The highest BCUT2D eigenvalue weighted by Crippen LogP contribution is 2.47. The largest absolute Gasteiger partial charge is 0.465 e. The fourth-order valence-corrected chi connectivity index (χ4v) is 2.85. The van der Waals surface area contributed by atoms with Crippen LogP contribution in [-0.4, -0.2) is 18.4 Å². The molecule has 2 atom stereocenters. The molecule has 1 aromatic carbocycles. The average Bonchev–Trinajstić information content (AvgIpc) is 2.44. The Balaban J connectivity index is 2.50. The molecular formula is C17H20O3. The van der Waals surface area contributed by atoms with E-state index in [-0.39, 0.29) is 17.7 Å². The molecule has 0 saturated carbocycles. The van der Waals surface area contributed by atoms with Gasteiger partial charge in [0.05, 0.1) is 12.0 Å². The van der Waals surface area contributed by atoms with Gasteiger partial charge in [-0.1, -0.05) is 35.9 Å². The topological polar surface area (TPSA) is 43.4 Å². The zero-order valence-electron chi connectivity index (χ0n) is 12.2. The molecule has 0 heterocycles. The van der Waals surface area contributed by atoms with Crippen molar-refractivity contribution in [2.24, 2.45) is 5.41 Å². The van der Waals surface area contributed by atoms with Gasteiger partial charge in [-0.2, -0.15) is 0 Å². The van der Waals surface area contributed by atoms with Crippen molar-refractivity contribution in [1.29, 1.82) is 0 Å². The van der Waals surface area contributed by atoms with Crippen molar-refractivity contribution in [3.8, 4) is 0 Å². The number of esters is 1. The van der Waals surface area contributed by atoms with Gasteiger partial charge in [0.15, 0.2) is 5.78 Å². The minimum absolute atomic E-state index is 0.0677. The monoisotopic (exact) mass is 272 g/mol. The van der Waals surface area contributed by atoms with Crippen LogP contribution < -0.4 is 0 Å². The van der Waals surface area contributed by atoms with Gasteiger partial charge in [0, 0.05) is 12.3 Å². The van der Waals surface area contributed by atoms with Gasteiger partial charge < -0.3 is 4.74 Å². The minimum Gasteiger partial charge on any atom is -0.465 e. The van der Waals surface area contributed by atoms with E-state index in [1.54, 1.807) is 13.0 Å². The molecule has 0 unspecified atom stereocenters. The van der Waals surface area contributed by atoms with Gasteiger partial charge in [0.1, 0.15) is 0 Å². The maximum Gasteiger partial charge on any atom is 0.316 e. The predicted octanol–water partition coefficient (Wildman–Crippen LogP) is 3.26. The standard InChI is InChI=1S/C17H20O3/c1-4-20-16(19)17(3)12(2)10-14(18)11-15(17)13-8-6-5-7-9-13/h5-10,15H,4,11H2,1-3H3/t15-,17-/m1/s1. The first kappa shape index (κ1) is 14.5. The lowest BCUT2D eigenvalue weighted by atomic mass is 9.64. The van der Waals surface area contributed by atoms with Crippen LogP contribution in [0.1, 0.15) is 38.7 Å². The highest BCUT2D eigenvalue weighted by Gasteiger charge is 2.47. The lowest BCUT2D eigenvalue weighted by molar-refractivity contribution is -0.154. The number of hydrogen-bond acceptors (Lipinski definition) is 3. The SMILES string of the molecule is CCOC(=O)[C@]1(C)C(C)=CC(=O)C[C@@H]1c1ccccc1. The first-order valence-corrected chi connectivity index (χ1v) is 6.94. The first-order chi connectivity index (χ1) is 9.50. The van der Waals surface area contributed by atoms with Gasteiger partial charge in [-0.15, -0.1) is 0 Å². The Morgan fingerprint density at radius 3 is 2.60 bits per heavy atom. The van der Waals surface area contributed by atoms with Crippen molar-refractivity contribution in [2.45, 2.75) is 33.1 Å². The average molecular weight is 272 g/mol. The third-order valence-corrected chi connectivity index (χ3v) is 4.20. The highest BCUT2D eigenvalue weighted by atomic mass is 16.5. The maximum absolute atomic E-state index is 12.4. The van der Waals surface area contributed by atoms with Gasteiger partial charge >= 0.3 is 5.97 Å². The summed E-state index contributed by atoms with van der Waals surface area (Å²) in [5.74, 6) is -0.353. The molecule has 0 amide bonds. The summed E-state index contributed by atoms with van der Waals surface area (Å²) in [5.41, 5.74) is 1.01. The van der Waals surface area contributed by atoms with E-state index < -0.39 is 5.41 Å². The van der Waals surface area contributed by atoms with Gasteiger partial charge in [0.25, 0.3) is 0 Å². The van der Waals surface area contributed by atoms with Gasteiger partial charge in [0.2, 0.25) is 0 Å². The Hall–Kier alpha value is -1.90. The van der Waals surface area contributed by atoms with Crippen LogP contribution in [0.5, 0.6) is 0 Å². The summed E-state index contributed by atoms with van der Waals surface area (Å²) in [5, 5.41) is 0. The molecule has 20 heavy (non-hydrogen) atoms. The molecule has 106 valence electrons. The number of ketones is 1. The van der Waals surface area contributed by atoms with Crippen LogP contribution in [0, 0.1) is 5.41 Å². The number of carbonyl (C=O) groups excluding carboxylic acids is 2. The summed E-state index contributed by atoms with van der Waals surface area (Å²) in [7, 11) is 0. The van der Waals surface area contributed by atoms with Gasteiger partial charge in [-0.3, -0.25) is 9.59 Å². The van der Waals surface area contributed by atoms with E-state index in [9.17, 15) is 9.59 Å². The smallest absolute Gasteiger partial charge is 0.316 e. The van der Waals surface area contributed by atoms with Gasteiger partial charge in [-0.25, -0.2) is 0 Å². The molecule has 0 aliphatic heterocycles. The third-order valence-electron chi connectivity index (χ3n) is 4.20. The second-order valence-corrected chi connectivity index (χ2v) is 5.38. The van der Waals surface area contributed by atoms with E-state index in [4.69, 9.17) is 4.74 Å². The molecule has 2 rings (SSSR count). The zero-order chi connectivity index (χ0) is 14.8. The molecular weight excluding hydrogens is 252 g/mol. The molecule has 3 heteroatoms. The summed E-state index contributed by atoms with van der Waals surface area (Å²) in [4.78, 5) is 24.3. The quantitative estimate of drug-likeness (QED) is 0.793. The molecule has 0 aromatic heterocycles. The lowest BCUT2D eigenvalue weighted by Crippen LogP contribution is -2.40. The molecule has 0 spiro atoms. The first-order valence-electron chi connectivity index (χ1n) is 6.94. The van der Waals surface area contributed by atoms with E-state index in [0.717, 1.165) is 11.1 Å². The van der Waals surface area contributed by atoms with E-state index in [0.29, 0.717) is 13.0 Å². The molecule has 1 aliphatic carbocycles. The van der Waals surface area contributed by atoms with Crippen LogP contribution in [0.15, 0.2) is 42.0 Å². The number of benzene rings is 1. The molecule has 0 N–H and O–H groups in total. The fraction of sp³-hybridized carbons (Fsp3) is 0.412. The van der Waals surface area contributed by atoms with E-state index in [2.05, 4.69) is 0 Å². The van der Waals surface area contributed by atoms with Gasteiger partial charge in [-0.05, 0) is 32.4 Å². The normalized spacial score (nSPS) is 26.1. The van der Waals surface area contributed by atoms with E-state index in [1.807, 2.05) is 44.2 Å². The van der Waals surface area contributed by atoms with Crippen LogP contribution in [0.3, 0.4) is 0 Å². The molecule has 1 aromatic rings. The van der Waals surface area contributed by atoms with E-state index >= 15 is 0 Å². The highest BCUT2D eigenvalue weighted by molar-refractivity contribution is 5.96. The summed E-state index contributed by atoms with van der Waals surface area (Å²) in [6, 6.07) is 9.72. The second-order valence-electron chi connectivity index (χ2n) is 5.38. The maximum atomic E-state index is 12.4. The summed E-state index contributed by atoms with van der Waals surface area (Å²) < 4.78 is 5.25. The second kappa shape index (κ2) is 5.61. The Morgan fingerprint density at radius 2 is 2.00 bits per heavy atom. The molecule has 0 fully saturated rings. The number of carbonyl (C=O) groups is 2. The van der Waals surface area contributed by atoms with Crippen LogP contribution in [0.2, 0.25) is 0 Å². The summed E-state index contributed by atoms with van der Waals surface area (Å²) in [6.07, 6.45) is 1.92. The number of allylic oxidation sites excluding steroid dienone is 1. The summed E-state index contributed by atoms with van der Waals surface area (Å²) >= 11 is 0. The van der Waals surface area contributed by atoms with Crippen molar-refractivity contribution in [1.82, 2.24) is 0 Å². The predicted molar refractivity (Wildman–Crippen MR) is 77.3 cm³/mol. The van der Waals surface area contributed by atoms with E-state index in [1.165, 1.54) is 0 Å². The number of ether oxygens (including phenoxy) is 1. The van der Waals surface area contributed by atoms with Crippen molar-refractivity contribution in [3.05, 3.63) is 47.5 Å². The van der Waals surface area contributed by atoms with Crippen molar-refractivity contribution >= 4 is 11.8 Å².